The Morgan fingerprint density at radius 2 is 1.59 bits per heavy atom. The Balaban J connectivity index is 0.00000144. The fraction of sp³-hybridized carbons (Fsp3) is 0.294. The second kappa shape index (κ2) is 5.28. The Hall–Kier alpha value is -1.52. The Morgan fingerprint density at radius 1 is 0.909 bits per heavy atom. The van der Waals surface area contributed by atoms with E-state index in [1.54, 1.807) is 0 Å². The summed E-state index contributed by atoms with van der Waals surface area (Å²) >= 11 is 0. The van der Waals surface area contributed by atoms with E-state index >= 15 is 0 Å². The molecule has 1 aliphatic heterocycles. The summed E-state index contributed by atoms with van der Waals surface area (Å²) in [7, 11) is 0. The van der Waals surface area contributed by atoms with Gasteiger partial charge in [-0.3, -0.25) is 0 Å². The molecule has 2 aliphatic rings. The van der Waals surface area contributed by atoms with Gasteiger partial charge >= 0.3 is 0 Å². The van der Waals surface area contributed by atoms with Crippen molar-refractivity contribution in [1.82, 2.24) is 5.32 Å². The Bertz CT molecular complexity index is 721. The SMILES string of the molecule is Cl.Fc1cccc(F)c1-c1ccc(F)c2c1CNCC21CC1. The van der Waals surface area contributed by atoms with Crippen LogP contribution in [0.15, 0.2) is 30.3 Å². The topological polar surface area (TPSA) is 12.0 Å². The zero-order chi connectivity index (χ0) is 14.6. The molecule has 4 rings (SSSR count). The lowest BCUT2D eigenvalue weighted by Crippen LogP contribution is -2.34. The molecule has 1 saturated carbocycles. The minimum Gasteiger partial charge on any atom is -0.312 e. The summed E-state index contributed by atoms with van der Waals surface area (Å²) in [5.74, 6) is -1.48. The number of halogens is 4. The first-order valence-corrected chi connectivity index (χ1v) is 7.09. The van der Waals surface area contributed by atoms with Crippen LogP contribution in [0.5, 0.6) is 0 Å². The standard InChI is InChI=1S/C17H14F3N.ClH/c18-12-2-1-3-13(19)15(12)10-4-5-14(20)16-11(10)8-21-9-17(16)6-7-17;/h1-5,21H,6-9H2;1H. The zero-order valence-electron chi connectivity index (χ0n) is 11.8. The maximum absolute atomic E-state index is 14.3. The van der Waals surface area contributed by atoms with Crippen molar-refractivity contribution in [2.24, 2.45) is 0 Å². The van der Waals surface area contributed by atoms with Gasteiger partial charge in [0.05, 0.1) is 5.56 Å². The van der Waals surface area contributed by atoms with Crippen LogP contribution in [0.25, 0.3) is 11.1 Å². The summed E-state index contributed by atoms with van der Waals surface area (Å²) in [5, 5.41) is 3.26. The molecule has 5 heteroatoms. The number of benzene rings is 2. The first-order chi connectivity index (χ1) is 10.1. The normalized spacial score (nSPS) is 17.8. The molecule has 0 saturated heterocycles. The van der Waals surface area contributed by atoms with E-state index in [-0.39, 0.29) is 29.2 Å². The molecule has 1 nitrogen and oxygen atoms in total. The van der Waals surface area contributed by atoms with Gasteiger partial charge in [0.1, 0.15) is 17.5 Å². The minimum absolute atomic E-state index is 0. The molecule has 116 valence electrons. The second-order valence-electron chi connectivity index (χ2n) is 5.93. The van der Waals surface area contributed by atoms with E-state index in [1.165, 1.54) is 30.3 Å². The van der Waals surface area contributed by atoms with Crippen molar-refractivity contribution in [2.75, 3.05) is 6.54 Å². The quantitative estimate of drug-likeness (QED) is 0.823. The minimum atomic E-state index is -0.612. The number of hydrogen-bond donors (Lipinski definition) is 1. The van der Waals surface area contributed by atoms with Crippen LogP contribution in [0, 0.1) is 17.5 Å². The number of nitrogens with one attached hydrogen (secondary N) is 1. The third-order valence-corrected chi connectivity index (χ3v) is 4.64. The summed E-state index contributed by atoms with van der Waals surface area (Å²) in [6.45, 7) is 1.18. The van der Waals surface area contributed by atoms with Gasteiger partial charge in [-0.05, 0) is 42.2 Å². The molecule has 1 spiro atoms. The van der Waals surface area contributed by atoms with Gasteiger partial charge in [-0.1, -0.05) is 12.1 Å². The Labute approximate surface area is 133 Å². The maximum Gasteiger partial charge on any atom is 0.133 e. The third-order valence-electron chi connectivity index (χ3n) is 4.64. The van der Waals surface area contributed by atoms with Crippen molar-refractivity contribution < 1.29 is 13.2 Å². The monoisotopic (exact) mass is 325 g/mol. The van der Waals surface area contributed by atoms with Gasteiger partial charge in [-0.25, -0.2) is 13.2 Å². The van der Waals surface area contributed by atoms with E-state index in [0.29, 0.717) is 23.2 Å². The third kappa shape index (κ3) is 2.13. The number of fused-ring (bicyclic) bond motifs is 2. The lowest BCUT2D eigenvalue weighted by Gasteiger charge is -2.29. The first-order valence-electron chi connectivity index (χ1n) is 7.09. The van der Waals surface area contributed by atoms with Crippen LogP contribution in [0.1, 0.15) is 24.0 Å². The number of rotatable bonds is 1. The average Bonchev–Trinajstić information content (AvgIpc) is 3.21. The molecule has 0 unspecified atom stereocenters. The van der Waals surface area contributed by atoms with Crippen molar-refractivity contribution in [3.63, 3.8) is 0 Å². The van der Waals surface area contributed by atoms with Crippen LogP contribution in [-0.2, 0) is 12.0 Å². The Kier molecular flexibility index (Phi) is 3.69. The largest absolute Gasteiger partial charge is 0.312 e. The molecule has 2 aromatic rings. The average molecular weight is 326 g/mol. The highest BCUT2D eigenvalue weighted by Crippen LogP contribution is 2.53. The first kappa shape index (κ1) is 15.4. The van der Waals surface area contributed by atoms with Crippen molar-refractivity contribution in [1.29, 1.82) is 0 Å². The summed E-state index contributed by atoms with van der Waals surface area (Å²) in [4.78, 5) is 0. The molecule has 1 N–H and O–H groups in total. The van der Waals surface area contributed by atoms with Crippen molar-refractivity contribution in [3.8, 4) is 11.1 Å². The summed E-state index contributed by atoms with van der Waals surface area (Å²) < 4.78 is 42.4. The highest BCUT2D eigenvalue weighted by atomic mass is 35.5. The van der Waals surface area contributed by atoms with E-state index in [1.807, 2.05) is 0 Å². The van der Waals surface area contributed by atoms with Crippen LogP contribution >= 0.6 is 12.4 Å². The van der Waals surface area contributed by atoms with Gasteiger partial charge in [-0.15, -0.1) is 12.4 Å². The molecule has 1 aliphatic carbocycles. The lowest BCUT2D eigenvalue weighted by molar-refractivity contribution is 0.491. The highest BCUT2D eigenvalue weighted by molar-refractivity contribution is 5.85. The summed E-state index contributed by atoms with van der Waals surface area (Å²) in [5.41, 5.74) is 1.58. The second-order valence-corrected chi connectivity index (χ2v) is 5.93. The molecule has 1 fully saturated rings. The van der Waals surface area contributed by atoms with E-state index < -0.39 is 11.6 Å². The zero-order valence-corrected chi connectivity index (χ0v) is 12.6. The van der Waals surface area contributed by atoms with Crippen LogP contribution in [0.2, 0.25) is 0 Å². The smallest absolute Gasteiger partial charge is 0.133 e. The highest BCUT2D eigenvalue weighted by Gasteiger charge is 2.49. The molecule has 0 amide bonds. The fourth-order valence-corrected chi connectivity index (χ4v) is 3.46. The molecule has 0 atom stereocenters. The van der Waals surface area contributed by atoms with Gasteiger partial charge in [0.15, 0.2) is 0 Å². The Morgan fingerprint density at radius 3 is 2.23 bits per heavy atom. The van der Waals surface area contributed by atoms with Crippen LogP contribution in [0.4, 0.5) is 13.2 Å². The van der Waals surface area contributed by atoms with E-state index in [9.17, 15) is 13.2 Å². The van der Waals surface area contributed by atoms with Gasteiger partial charge < -0.3 is 5.32 Å². The van der Waals surface area contributed by atoms with Crippen LogP contribution in [0.3, 0.4) is 0 Å². The predicted molar refractivity (Wildman–Crippen MR) is 81.6 cm³/mol. The molecule has 0 aromatic heterocycles. The molecular formula is C17H15ClF3N. The van der Waals surface area contributed by atoms with Gasteiger partial charge in [0.2, 0.25) is 0 Å². The van der Waals surface area contributed by atoms with Crippen molar-refractivity contribution in [3.05, 3.63) is 58.9 Å². The summed E-state index contributed by atoms with van der Waals surface area (Å²) in [6.07, 6.45) is 1.85. The molecule has 22 heavy (non-hydrogen) atoms. The van der Waals surface area contributed by atoms with Gasteiger partial charge in [0.25, 0.3) is 0 Å². The fourth-order valence-electron chi connectivity index (χ4n) is 3.46. The molecule has 2 aromatic carbocycles. The molecule has 0 radical (unpaired) electrons. The van der Waals surface area contributed by atoms with E-state index in [4.69, 9.17) is 0 Å². The van der Waals surface area contributed by atoms with Crippen molar-refractivity contribution in [2.45, 2.75) is 24.8 Å². The maximum atomic E-state index is 14.3. The lowest BCUT2D eigenvalue weighted by atomic mass is 9.83. The molecule has 0 bridgehead atoms. The van der Waals surface area contributed by atoms with Gasteiger partial charge in [-0.2, -0.15) is 0 Å². The molecule has 1 heterocycles. The van der Waals surface area contributed by atoms with Crippen LogP contribution in [-0.4, -0.2) is 6.54 Å². The summed E-state index contributed by atoms with van der Waals surface area (Å²) in [6, 6.07) is 6.63. The predicted octanol–water partition coefficient (Wildman–Crippen LogP) is 4.33. The van der Waals surface area contributed by atoms with Crippen LogP contribution < -0.4 is 5.32 Å². The van der Waals surface area contributed by atoms with E-state index in [2.05, 4.69) is 5.32 Å². The van der Waals surface area contributed by atoms with Crippen molar-refractivity contribution >= 4 is 12.4 Å². The number of hydrogen-bond acceptors (Lipinski definition) is 1. The van der Waals surface area contributed by atoms with Gasteiger partial charge in [0, 0.05) is 24.1 Å². The molecular weight excluding hydrogens is 311 g/mol. The van der Waals surface area contributed by atoms with E-state index in [0.717, 1.165) is 19.4 Å².